The van der Waals surface area contributed by atoms with E-state index in [1.165, 1.54) is 11.0 Å². The van der Waals surface area contributed by atoms with Gasteiger partial charge in [0.1, 0.15) is 19.0 Å². The van der Waals surface area contributed by atoms with Crippen LogP contribution in [0, 0.1) is 5.82 Å². The number of cyclic esters (lactones) is 1. The first kappa shape index (κ1) is 14.5. The number of rotatable bonds is 3. The zero-order valence-electron chi connectivity index (χ0n) is 12.1. The number of amides is 1. The molecular weight excluding hydrogens is 287 g/mol. The molecule has 0 unspecified atom stereocenters. The number of hydrogen-bond acceptors (Lipinski definition) is 3. The van der Waals surface area contributed by atoms with Gasteiger partial charge in [0.15, 0.2) is 12.4 Å². The number of nitrogens with zero attached hydrogens (tertiary/aromatic N) is 2. The summed E-state index contributed by atoms with van der Waals surface area (Å²) in [6.45, 7) is -0.0286. The van der Waals surface area contributed by atoms with Gasteiger partial charge >= 0.3 is 6.09 Å². The van der Waals surface area contributed by atoms with Gasteiger partial charge in [0.2, 0.25) is 0 Å². The average molecular weight is 303 g/mol. The Morgan fingerprint density at radius 3 is 2.68 bits per heavy atom. The van der Waals surface area contributed by atoms with E-state index in [2.05, 4.69) is 0 Å². The molecule has 1 saturated heterocycles. The van der Waals surface area contributed by atoms with Crippen molar-refractivity contribution in [3.8, 4) is 11.1 Å². The molecule has 22 heavy (non-hydrogen) atoms. The minimum atomic E-state index is -0.571. The Bertz CT molecular complexity index is 703. The normalized spacial score (nSPS) is 17.7. The van der Waals surface area contributed by atoms with Crippen LogP contribution in [0.4, 0.5) is 14.9 Å². The first-order chi connectivity index (χ1) is 10.6. The number of halogens is 1. The summed E-state index contributed by atoms with van der Waals surface area (Å²) in [7, 11) is 1.89. The van der Waals surface area contributed by atoms with Crippen molar-refractivity contribution in [3.63, 3.8) is 0 Å². The minimum absolute atomic E-state index is 0.218. The maximum absolute atomic E-state index is 14.4. The molecular formula is C16H16FN2O3+. The maximum Gasteiger partial charge on any atom is 0.414 e. The number of aliphatic hydroxyl groups is 1. The Morgan fingerprint density at radius 1 is 1.36 bits per heavy atom. The van der Waals surface area contributed by atoms with Gasteiger partial charge in [-0.15, -0.1) is 0 Å². The van der Waals surface area contributed by atoms with E-state index in [1.54, 1.807) is 12.1 Å². The predicted octanol–water partition coefficient (Wildman–Crippen LogP) is 1.63. The first-order valence-electron chi connectivity index (χ1n) is 6.92. The monoisotopic (exact) mass is 303 g/mol. The quantitative estimate of drug-likeness (QED) is 0.877. The third-order valence-corrected chi connectivity index (χ3v) is 3.63. The summed E-state index contributed by atoms with van der Waals surface area (Å²) in [4.78, 5) is 13.0. The van der Waals surface area contributed by atoms with Gasteiger partial charge in [0, 0.05) is 17.7 Å². The lowest BCUT2D eigenvalue weighted by Crippen LogP contribution is -2.26. The summed E-state index contributed by atoms with van der Waals surface area (Å²) >= 11 is 0. The van der Waals surface area contributed by atoms with Gasteiger partial charge in [0.05, 0.1) is 18.8 Å². The fraction of sp³-hybridized carbons (Fsp3) is 0.250. The molecule has 1 aromatic heterocycles. The van der Waals surface area contributed by atoms with Gasteiger partial charge in [-0.3, -0.25) is 4.90 Å². The molecule has 1 fully saturated rings. The van der Waals surface area contributed by atoms with E-state index in [1.807, 2.05) is 36.1 Å². The van der Waals surface area contributed by atoms with Crippen LogP contribution in [0.1, 0.15) is 0 Å². The van der Waals surface area contributed by atoms with Gasteiger partial charge in [-0.25, -0.2) is 13.8 Å². The molecule has 3 rings (SSSR count). The van der Waals surface area contributed by atoms with Crippen LogP contribution in [0.15, 0.2) is 42.7 Å². The molecule has 5 nitrogen and oxygen atoms in total. The lowest BCUT2D eigenvalue weighted by Gasteiger charge is -2.14. The van der Waals surface area contributed by atoms with Crippen molar-refractivity contribution in [2.75, 3.05) is 18.1 Å². The summed E-state index contributed by atoms with van der Waals surface area (Å²) in [5, 5.41) is 9.04. The van der Waals surface area contributed by atoms with E-state index in [-0.39, 0.29) is 13.2 Å². The molecule has 0 spiro atoms. The Morgan fingerprint density at radius 2 is 2.09 bits per heavy atom. The number of carbonyl (C=O) groups excluding carboxylic acids is 1. The van der Waals surface area contributed by atoms with Crippen LogP contribution in [0.25, 0.3) is 11.1 Å². The predicted molar refractivity (Wildman–Crippen MR) is 77.7 cm³/mol. The number of anilines is 1. The largest absolute Gasteiger partial charge is 0.441 e. The molecule has 1 aliphatic heterocycles. The molecule has 0 saturated carbocycles. The van der Waals surface area contributed by atoms with Crippen molar-refractivity contribution < 1.29 is 23.6 Å². The second-order valence-electron chi connectivity index (χ2n) is 5.22. The summed E-state index contributed by atoms with van der Waals surface area (Å²) in [6, 6.07) is 8.27. The topological polar surface area (TPSA) is 53.6 Å². The summed E-state index contributed by atoms with van der Waals surface area (Å²) in [5.74, 6) is -0.411. The van der Waals surface area contributed by atoms with Gasteiger partial charge in [-0.2, -0.15) is 0 Å². The lowest BCUT2D eigenvalue weighted by molar-refractivity contribution is -0.671. The van der Waals surface area contributed by atoms with Crippen molar-refractivity contribution in [1.29, 1.82) is 0 Å². The van der Waals surface area contributed by atoms with Crippen molar-refractivity contribution in [2.24, 2.45) is 7.05 Å². The number of benzene rings is 1. The van der Waals surface area contributed by atoms with E-state index in [0.29, 0.717) is 11.3 Å². The Kier molecular flexibility index (Phi) is 3.77. The SMILES string of the molecule is C[n+]1ccc(-c2ccc(N3C[C@H](CO)OC3=O)cc2F)cc1. The first-order valence-corrected chi connectivity index (χ1v) is 6.92. The van der Waals surface area contributed by atoms with E-state index >= 15 is 0 Å². The fourth-order valence-corrected chi connectivity index (χ4v) is 2.41. The second kappa shape index (κ2) is 5.73. The van der Waals surface area contributed by atoms with E-state index in [0.717, 1.165) is 5.56 Å². The van der Waals surface area contributed by atoms with Gasteiger partial charge < -0.3 is 9.84 Å². The van der Waals surface area contributed by atoms with Crippen LogP contribution in [0.5, 0.6) is 0 Å². The van der Waals surface area contributed by atoms with Crippen LogP contribution in [0.2, 0.25) is 0 Å². The molecule has 0 aliphatic carbocycles. The standard InChI is InChI=1S/C16H16FN2O3/c1-18-6-4-11(5-7-18)14-3-2-12(8-15(14)17)19-9-13(10-20)22-16(19)21/h2-8,13,20H,9-10H2,1H3/q+1/t13-/m1/s1. The van der Waals surface area contributed by atoms with Crippen molar-refractivity contribution >= 4 is 11.8 Å². The van der Waals surface area contributed by atoms with Gasteiger partial charge in [0.25, 0.3) is 0 Å². The molecule has 114 valence electrons. The zero-order valence-corrected chi connectivity index (χ0v) is 12.1. The van der Waals surface area contributed by atoms with E-state index in [4.69, 9.17) is 9.84 Å². The molecule has 1 aromatic carbocycles. The molecule has 6 heteroatoms. The number of carbonyl (C=O) groups is 1. The number of aromatic nitrogens is 1. The highest BCUT2D eigenvalue weighted by Gasteiger charge is 2.32. The lowest BCUT2D eigenvalue weighted by atomic mass is 10.1. The Labute approximate surface area is 127 Å². The summed E-state index contributed by atoms with van der Waals surface area (Å²) < 4.78 is 21.2. The number of aryl methyl sites for hydroxylation is 1. The Balaban J connectivity index is 1.89. The maximum atomic E-state index is 14.4. The van der Waals surface area contributed by atoms with Crippen molar-refractivity contribution in [2.45, 2.75) is 6.10 Å². The van der Waals surface area contributed by atoms with Crippen molar-refractivity contribution in [3.05, 3.63) is 48.5 Å². The van der Waals surface area contributed by atoms with Gasteiger partial charge in [-0.05, 0) is 23.8 Å². The third kappa shape index (κ3) is 2.65. The molecule has 1 atom stereocenters. The minimum Gasteiger partial charge on any atom is -0.441 e. The van der Waals surface area contributed by atoms with Crippen molar-refractivity contribution in [1.82, 2.24) is 0 Å². The van der Waals surface area contributed by atoms with Crippen LogP contribution in [0.3, 0.4) is 0 Å². The highest BCUT2D eigenvalue weighted by atomic mass is 19.1. The molecule has 0 bridgehead atoms. The van der Waals surface area contributed by atoms with E-state index < -0.39 is 18.0 Å². The second-order valence-corrected chi connectivity index (χ2v) is 5.22. The third-order valence-electron chi connectivity index (χ3n) is 3.63. The zero-order chi connectivity index (χ0) is 15.7. The molecule has 0 radical (unpaired) electrons. The Hall–Kier alpha value is -2.47. The number of pyridine rings is 1. The molecule has 2 aromatic rings. The van der Waals surface area contributed by atoms with Crippen LogP contribution in [-0.4, -0.2) is 30.5 Å². The highest BCUT2D eigenvalue weighted by molar-refractivity contribution is 5.90. The summed E-state index contributed by atoms with van der Waals surface area (Å²) in [5.41, 5.74) is 1.65. The van der Waals surface area contributed by atoms with Gasteiger partial charge in [-0.1, -0.05) is 0 Å². The molecule has 1 aliphatic rings. The average Bonchev–Trinajstić information content (AvgIpc) is 2.89. The number of aliphatic hydroxyl groups excluding tert-OH is 1. The molecule has 1 amide bonds. The fourth-order valence-electron chi connectivity index (χ4n) is 2.41. The number of ether oxygens (including phenoxy) is 1. The molecule has 1 N–H and O–H groups in total. The van der Waals surface area contributed by atoms with Crippen LogP contribution >= 0.6 is 0 Å². The highest BCUT2D eigenvalue weighted by Crippen LogP contribution is 2.28. The smallest absolute Gasteiger partial charge is 0.414 e. The van der Waals surface area contributed by atoms with Crippen LogP contribution < -0.4 is 9.47 Å². The van der Waals surface area contributed by atoms with Crippen LogP contribution in [-0.2, 0) is 11.8 Å². The number of hydrogen-bond donors (Lipinski definition) is 1. The molecule has 2 heterocycles. The van der Waals surface area contributed by atoms with E-state index in [9.17, 15) is 9.18 Å². The summed E-state index contributed by atoms with van der Waals surface area (Å²) in [6.07, 6.45) is 2.54.